The molecule has 0 N–H and O–H groups in total. The van der Waals surface area contributed by atoms with Gasteiger partial charge >= 0.3 is 0 Å². The molecular formula is C21H24N2. The van der Waals surface area contributed by atoms with Crippen molar-refractivity contribution in [1.29, 1.82) is 0 Å². The number of aromatic nitrogens is 2. The molecule has 0 amide bonds. The van der Waals surface area contributed by atoms with Crippen LogP contribution in [0.1, 0.15) is 51.8 Å². The summed E-state index contributed by atoms with van der Waals surface area (Å²) >= 11 is 0. The lowest BCUT2D eigenvalue weighted by Gasteiger charge is -2.19. The summed E-state index contributed by atoms with van der Waals surface area (Å²) < 4.78 is 0. The Morgan fingerprint density at radius 3 is 1.87 bits per heavy atom. The van der Waals surface area contributed by atoms with E-state index in [-0.39, 0.29) is 5.41 Å². The van der Waals surface area contributed by atoms with Crippen molar-refractivity contribution in [1.82, 2.24) is 9.97 Å². The van der Waals surface area contributed by atoms with Gasteiger partial charge in [-0.05, 0) is 29.0 Å². The van der Waals surface area contributed by atoms with Gasteiger partial charge in [-0.25, -0.2) is 9.97 Å². The summed E-state index contributed by atoms with van der Waals surface area (Å²) in [5, 5.41) is 0. The van der Waals surface area contributed by atoms with Crippen LogP contribution in [0, 0.1) is 0 Å². The Morgan fingerprint density at radius 2 is 1.35 bits per heavy atom. The second-order valence-corrected chi connectivity index (χ2v) is 7.43. The van der Waals surface area contributed by atoms with E-state index >= 15 is 0 Å². The van der Waals surface area contributed by atoms with Crippen LogP contribution in [0.2, 0.25) is 0 Å². The molecule has 0 saturated carbocycles. The van der Waals surface area contributed by atoms with E-state index in [2.05, 4.69) is 58.9 Å². The molecule has 0 radical (unpaired) electrons. The van der Waals surface area contributed by atoms with Gasteiger partial charge in [-0.2, -0.15) is 0 Å². The standard InChI is InChI=1S/C21H24N2/c1-14(2)19-20(23-18-9-7-6-8-17(18)22-19)15-10-12-16(13-11-15)21(3,4)5/h6-14H,1-5H3. The van der Waals surface area contributed by atoms with Crippen molar-refractivity contribution >= 4 is 11.0 Å². The van der Waals surface area contributed by atoms with E-state index in [1.807, 2.05) is 24.3 Å². The lowest BCUT2D eigenvalue weighted by molar-refractivity contribution is 0.590. The fourth-order valence-corrected chi connectivity index (χ4v) is 2.76. The van der Waals surface area contributed by atoms with Crippen LogP contribution >= 0.6 is 0 Å². The lowest BCUT2D eigenvalue weighted by Crippen LogP contribution is -2.10. The summed E-state index contributed by atoms with van der Waals surface area (Å²) in [5.41, 5.74) is 6.61. The summed E-state index contributed by atoms with van der Waals surface area (Å²) in [6, 6.07) is 16.8. The Hall–Kier alpha value is -2.22. The number of benzene rings is 2. The van der Waals surface area contributed by atoms with E-state index in [0.29, 0.717) is 5.92 Å². The number of hydrogen-bond donors (Lipinski definition) is 0. The summed E-state index contributed by atoms with van der Waals surface area (Å²) in [7, 11) is 0. The fraction of sp³-hybridized carbons (Fsp3) is 0.333. The summed E-state index contributed by atoms with van der Waals surface area (Å²) in [6.45, 7) is 11.0. The van der Waals surface area contributed by atoms with Crippen LogP contribution in [-0.2, 0) is 5.41 Å². The Labute approximate surface area is 138 Å². The molecule has 0 unspecified atom stereocenters. The minimum atomic E-state index is 0.161. The maximum atomic E-state index is 4.90. The number of hydrogen-bond acceptors (Lipinski definition) is 2. The summed E-state index contributed by atoms with van der Waals surface area (Å²) in [5.74, 6) is 0.337. The summed E-state index contributed by atoms with van der Waals surface area (Å²) in [4.78, 5) is 9.76. The highest BCUT2D eigenvalue weighted by Gasteiger charge is 2.16. The molecule has 0 spiro atoms. The molecule has 23 heavy (non-hydrogen) atoms. The van der Waals surface area contributed by atoms with E-state index in [9.17, 15) is 0 Å². The Bertz CT molecular complexity index is 825. The molecule has 118 valence electrons. The van der Waals surface area contributed by atoms with Crippen molar-refractivity contribution in [2.24, 2.45) is 0 Å². The van der Waals surface area contributed by atoms with Crippen LogP contribution in [0.15, 0.2) is 48.5 Å². The molecule has 2 aromatic carbocycles. The molecular weight excluding hydrogens is 280 g/mol. The number of rotatable bonds is 2. The Kier molecular flexibility index (Phi) is 3.93. The number of nitrogens with zero attached hydrogens (tertiary/aromatic N) is 2. The van der Waals surface area contributed by atoms with Crippen LogP contribution in [0.3, 0.4) is 0 Å². The second kappa shape index (κ2) is 5.77. The molecule has 2 nitrogen and oxygen atoms in total. The largest absolute Gasteiger partial charge is 0.249 e. The van der Waals surface area contributed by atoms with Crippen LogP contribution in [0.4, 0.5) is 0 Å². The first kappa shape index (κ1) is 15.7. The Morgan fingerprint density at radius 1 is 0.783 bits per heavy atom. The van der Waals surface area contributed by atoms with Gasteiger partial charge in [0.25, 0.3) is 0 Å². The van der Waals surface area contributed by atoms with Gasteiger partial charge in [0.15, 0.2) is 0 Å². The van der Waals surface area contributed by atoms with Gasteiger partial charge in [0, 0.05) is 5.56 Å². The average molecular weight is 304 g/mol. The average Bonchev–Trinajstić information content (AvgIpc) is 2.53. The van der Waals surface area contributed by atoms with Crippen molar-refractivity contribution in [2.75, 3.05) is 0 Å². The van der Waals surface area contributed by atoms with Gasteiger partial charge in [-0.1, -0.05) is 71.0 Å². The quantitative estimate of drug-likeness (QED) is 0.605. The molecule has 0 aliphatic carbocycles. The molecule has 0 saturated heterocycles. The van der Waals surface area contributed by atoms with Crippen molar-refractivity contribution in [3.8, 4) is 11.3 Å². The fourth-order valence-electron chi connectivity index (χ4n) is 2.76. The number of fused-ring (bicyclic) bond motifs is 1. The van der Waals surface area contributed by atoms with Crippen LogP contribution < -0.4 is 0 Å². The third-order valence-corrected chi connectivity index (χ3v) is 4.17. The zero-order valence-corrected chi connectivity index (χ0v) is 14.6. The molecule has 1 heterocycles. The molecule has 0 atom stereocenters. The normalized spacial score (nSPS) is 12.1. The molecule has 3 rings (SSSR count). The monoisotopic (exact) mass is 304 g/mol. The van der Waals surface area contributed by atoms with Crippen LogP contribution in [0.5, 0.6) is 0 Å². The molecule has 3 aromatic rings. The zero-order chi connectivity index (χ0) is 16.6. The summed E-state index contributed by atoms with van der Waals surface area (Å²) in [6.07, 6.45) is 0. The predicted octanol–water partition coefficient (Wildman–Crippen LogP) is 5.72. The van der Waals surface area contributed by atoms with Crippen molar-refractivity contribution in [3.05, 3.63) is 59.8 Å². The van der Waals surface area contributed by atoms with E-state index in [1.54, 1.807) is 0 Å². The van der Waals surface area contributed by atoms with Crippen molar-refractivity contribution < 1.29 is 0 Å². The van der Waals surface area contributed by atoms with Crippen LogP contribution in [-0.4, -0.2) is 9.97 Å². The smallest absolute Gasteiger partial charge is 0.0927 e. The first-order chi connectivity index (χ1) is 10.9. The van der Waals surface area contributed by atoms with Gasteiger partial charge in [0.2, 0.25) is 0 Å². The molecule has 0 aliphatic heterocycles. The van der Waals surface area contributed by atoms with Gasteiger partial charge in [-0.15, -0.1) is 0 Å². The van der Waals surface area contributed by atoms with Gasteiger partial charge in [0.05, 0.1) is 22.4 Å². The molecule has 0 bridgehead atoms. The third-order valence-electron chi connectivity index (χ3n) is 4.17. The van der Waals surface area contributed by atoms with Crippen molar-refractivity contribution in [3.63, 3.8) is 0 Å². The highest BCUT2D eigenvalue weighted by Crippen LogP contribution is 2.30. The lowest BCUT2D eigenvalue weighted by atomic mass is 9.86. The van der Waals surface area contributed by atoms with E-state index in [4.69, 9.17) is 9.97 Å². The first-order valence-electron chi connectivity index (χ1n) is 8.24. The van der Waals surface area contributed by atoms with Crippen molar-refractivity contribution in [2.45, 2.75) is 46.0 Å². The number of para-hydroxylation sites is 2. The molecule has 1 aromatic heterocycles. The molecule has 0 fully saturated rings. The zero-order valence-electron chi connectivity index (χ0n) is 14.6. The highest BCUT2D eigenvalue weighted by molar-refractivity contribution is 5.78. The second-order valence-electron chi connectivity index (χ2n) is 7.43. The highest BCUT2D eigenvalue weighted by atomic mass is 14.8. The predicted molar refractivity (Wildman–Crippen MR) is 97.8 cm³/mol. The van der Waals surface area contributed by atoms with Crippen LogP contribution in [0.25, 0.3) is 22.3 Å². The minimum absolute atomic E-state index is 0.161. The van der Waals surface area contributed by atoms with E-state index in [0.717, 1.165) is 28.0 Å². The van der Waals surface area contributed by atoms with Gasteiger partial charge in [0.1, 0.15) is 0 Å². The maximum absolute atomic E-state index is 4.90. The maximum Gasteiger partial charge on any atom is 0.0927 e. The minimum Gasteiger partial charge on any atom is -0.249 e. The molecule has 0 aliphatic rings. The van der Waals surface area contributed by atoms with Gasteiger partial charge in [-0.3, -0.25) is 0 Å². The first-order valence-corrected chi connectivity index (χ1v) is 8.24. The SMILES string of the molecule is CC(C)c1nc2ccccc2nc1-c1ccc(C(C)(C)C)cc1. The molecule has 2 heteroatoms. The third kappa shape index (κ3) is 3.12. The Balaban J connectivity index is 2.16. The van der Waals surface area contributed by atoms with Gasteiger partial charge < -0.3 is 0 Å². The topological polar surface area (TPSA) is 25.8 Å². The van der Waals surface area contributed by atoms with E-state index in [1.165, 1.54) is 5.56 Å². The van der Waals surface area contributed by atoms with E-state index < -0.39 is 0 Å².